The first-order chi connectivity index (χ1) is 8.32. The summed E-state index contributed by atoms with van der Waals surface area (Å²) in [5, 5.41) is 5.05. The molecule has 1 aliphatic carbocycles. The van der Waals surface area contributed by atoms with Gasteiger partial charge < -0.3 is 4.40 Å². The minimum atomic E-state index is -3.74. The quantitative estimate of drug-likeness (QED) is 0.882. The third-order valence-corrected chi connectivity index (χ3v) is 4.41. The lowest BCUT2D eigenvalue weighted by Gasteiger charge is -2.06. The lowest BCUT2D eigenvalue weighted by molar-refractivity contribution is 0.430. The van der Waals surface area contributed by atoms with Crippen molar-refractivity contribution in [3.05, 3.63) is 30.4 Å². The first kappa shape index (κ1) is 11.6. The third-order valence-electron chi connectivity index (χ3n) is 3.51. The Bertz CT molecular complexity index is 740. The molecule has 3 rings (SSSR count). The van der Waals surface area contributed by atoms with E-state index >= 15 is 0 Å². The van der Waals surface area contributed by atoms with E-state index in [-0.39, 0.29) is 4.90 Å². The Labute approximate surface area is 103 Å². The van der Waals surface area contributed by atoms with Crippen LogP contribution in [0.15, 0.2) is 29.6 Å². The summed E-state index contributed by atoms with van der Waals surface area (Å²) >= 11 is 0. The van der Waals surface area contributed by atoms with Crippen molar-refractivity contribution >= 4 is 15.5 Å². The standard InChI is InChI=1S/C11H12FN3O2S/c1-11(4-9(11)12)10-8-3-2-7(18(13,16)17)5-15(8)6-14-10/h2-3,5-6,9H,4H2,1H3,(H2,13,16,17)/t9-,11+/m1/s1. The summed E-state index contributed by atoms with van der Waals surface area (Å²) in [6, 6.07) is 3.02. The summed E-state index contributed by atoms with van der Waals surface area (Å²) in [6.45, 7) is 1.81. The lowest BCUT2D eigenvalue weighted by Crippen LogP contribution is -2.13. The zero-order valence-corrected chi connectivity index (χ0v) is 10.5. The zero-order valence-electron chi connectivity index (χ0n) is 9.67. The molecular weight excluding hydrogens is 257 g/mol. The highest BCUT2D eigenvalue weighted by molar-refractivity contribution is 7.89. The maximum atomic E-state index is 13.4. The number of nitrogens with two attached hydrogens (primary N) is 1. The highest BCUT2D eigenvalue weighted by Crippen LogP contribution is 2.50. The van der Waals surface area contributed by atoms with Crippen molar-refractivity contribution in [2.45, 2.75) is 29.8 Å². The normalized spacial score (nSPS) is 27.6. The number of sulfonamides is 1. The maximum Gasteiger partial charge on any atom is 0.239 e. The molecular formula is C11H12FN3O2S. The fourth-order valence-corrected chi connectivity index (χ4v) is 2.66. The molecule has 0 unspecified atom stereocenters. The monoisotopic (exact) mass is 269 g/mol. The minimum Gasteiger partial charge on any atom is -0.305 e. The molecule has 5 nitrogen and oxygen atoms in total. The number of hydrogen-bond donors (Lipinski definition) is 1. The van der Waals surface area contributed by atoms with Gasteiger partial charge >= 0.3 is 0 Å². The third kappa shape index (κ3) is 1.54. The minimum absolute atomic E-state index is 0.0108. The van der Waals surface area contributed by atoms with Gasteiger partial charge in [-0.15, -0.1) is 0 Å². The van der Waals surface area contributed by atoms with Crippen LogP contribution in [-0.4, -0.2) is 24.0 Å². The largest absolute Gasteiger partial charge is 0.305 e. The van der Waals surface area contributed by atoms with E-state index in [1.807, 2.05) is 6.92 Å². The number of aromatic nitrogens is 2. The second-order valence-corrected chi connectivity index (χ2v) is 6.45. The van der Waals surface area contributed by atoms with Gasteiger partial charge in [0.1, 0.15) is 6.17 Å². The Kier molecular flexibility index (Phi) is 2.13. The van der Waals surface area contributed by atoms with Crippen LogP contribution in [0.25, 0.3) is 5.52 Å². The number of alkyl halides is 1. The van der Waals surface area contributed by atoms with Crippen molar-refractivity contribution in [1.29, 1.82) is 0 Å². The average molecular weight is 269 g/mol. The molecule has 0 spiro atoms. The molecule has 18 heavy (non-hydrogen) atoms. The molecule has 1 saturated carbocycles. The Hall–Kier alpha value is -1.47. The van der Waals surface area contributed by atoms with Crippen molar-refractivity contribution in [1.82, 2.24) is 9.38 Å². The molecule has 0 aliphatic heterocycles. The van der Waals surface area contributed by atoms with Crippen LogP contribution in [-0.2, 0) is 15.4 Å². The van der Waals surface area contributed by atoms with E-state index < -0.39 is 21.6 Å². The van der Waals surface area contributed by atoms with Gasteiger partial charge in [0.25, 0.3) is 0 Å². The van der Waals surface area contributed by atoms with Gasteiger partial charge in [-0.1, -0.05) is 6.92 Å². The van der Waals surface area contributed by atoms with Crippen molar-refractivity contribution < 1.29 is 12.8 Å². The summed E-state index contributed by atoms with van der Waals surface area (Å²) in [5.74, 6) is 0. The topological polar surface area (TPSA) is 77.5 Å². The average Bonchev–Trinajstić information content (AvgIpc) is 2.75. The van der Waals surface area contributed by atoms with Crippen LogP contribution in [0, 0.1) is 0 Å². The smallest absolute Gasteiger partial charge is 0.239 e. The molecule has 0 radical (unpaired) electrons. The van der Waals surface area contributed by atoms with Crippen molar-refractivity contribution in [2.24, 2.45) is 5.14 Å². The first-order valence-electron chi connectivity index (χ1n) is 5.46. The summed E-state index contributed by atoms with van der Waals surface area (Å²) < 4.78 is 37.4. The predicted molar refractivity (Wildman–Crippen MR) is 63.4 cm³/mol. The molecule has 96 valence electrons. The Morgan fingerprint density at radius 1 is 1.56 bits per heavy atom. The highest BCUT2D eigenvalue weighted by atomic mass is 32.2. The first-order valence-corrected chi connectivity index (χ1v) is 7.01. The number of halogens is 1. The van der Waals surface area contributed by atoms with Gasteiger partial charge in [0.2, 0.25) is 10.0 Å². The van der Waals surface area contributed by atoms with E-state index in [0.717, 1.165) is 0 Å². The van der Waals surface area contributed by atoms with Crippen molar-refractivity contribution in [3.63, 3.8) is 0 Å². The molecule has 2 N–H and O–H groups in total. The van der Waals surface area contributed by atoms with Gasteiger partial charge in [0, 0.05) is 11.6 Å². The molecule has 2 aromatic heterocycles. The lowest BCUT2D eigenvalue weighted by atomic mass is 10.0. The molecule has 1 aliphatic rings. The van der Waals surface area contributed by atoms with Crippen LogP contribution in [0.4, 0.5) is 4.39 Å². The van der Waals surface area contributed by atoms with E-state index in [4.69, 9.17) is 5.14 Å². The Morgan fingerprint density at radius 3 is 2.78 bits per heavy atom. The molecule has 2 atom stereocenters. The second-order valence-electron chi connectivity index (χ2n) is 4.88. The van der Waals surface area contributed by atoms with Crippen LogP contribution >= 0.6 is 0 Å². The number of primary sulfonamides is 1. The number of imidazole rings is 1. The van der Waals surface area contributed by atoms with Crippen LogP contribution in [0.3, 0.4) is 0 Å². The Balaban J connectivity index is 2.18. The predicted octanol–water partition coefficient (Wildman–Crippen LogP) is 0.981. The van der Waals surface area contributed by atoms with E-state index in [9.17, 15) is 12.8 Å². The van der Waals surface area contributed by atoms with Crippen molar-refractivity contribution in [2.75, 3.05) is 0 Å². The van der Waals surface area contributed by atoms with Gasteiger partial charge in [0.15, 0.2) is 0 Å². The molecule has 7 heteroatoms. The summed E-state index contributed by atoms with van der Waals surface area (Å²) in [7, 11) is -3.74. The SMILES string of the molecule is C[C@]1(c2ncn3cc(S(N)(=O)=O)ccc23)C[C@H]1F. The highest BCUT2D eigenvalue weighted by Gasteiger charge is 2.54. The maximum absolute atomic E-state index is 13.4. The number of hydrogen-bond acceptors (Lipinski definition) is 3. The fourth-order valence-electron chi connectivity index (χ4n) is 2.15. The molecule has 0 saturated heterocycles. The van der Waals surface area contributed by atoms with E-state index in [1.165, 1.54) is 18.6 Å². The van der Waals surface area contributed by atoms with Gasteiger partial charge in [-0.3, -0.25) is 0 Å². The molecule has 0 bridgehead atoms. The van der Waals surface area contributed by atoms with Crippen LogP contribution in [0.1, 0.15) is 19.0 Å². The van der Waals surface area contributed by atoms with Crippen LogP contribution in [0.2, 0.25) is 0 Å². The molecule has 0 aromatic carbocycles. The summed E-state index contributed by atoms with van der Waals surface area (Å²) in [5.41, 5.74) is 0.832. The van der Waals surface area contributed by atoms with Crippen LogP contribution < -0.4 is 5.14 Å². The Morgan fingerprint density at radius 2 is 2.22 bits per heavy atom. The van der Waals surface area contributed by atoms with E-state index in [0.29, 0.717) is 17.6 Å². The molecule has 0 amide bonds. The summed E-state index contributed by atoms with van der Waals surface area (Å²) in [4.78, 5) is 4.20. The number of rotatable bonds is 2. The van der Waals surface area contributed by atoms with E-state index in [2.05, 4.69) is 4.98 Å². The fraction of sp³-hybridized carbons (Fsp3) is 0.364. The number of pyridine rings is 1. The van der Waals surface area contributed by atoms with Crippen LogP contribution in [0.5, 0.6) is 0 Å². The molecule has 2 aromatic rings. The molecule has 1 fully saturated rings. The van der Waals surface area contributed by atoms with E-state index in [1.54, 1.807) is 10.5 Å². The number of fused-ring (bicyclic) bond motifs is 1. The van der Waals surface area contributed by atoms with Crippen molar-refractivity contribution in [3.8, 4) is 0 Å². The zero-order chi connectivity index (χ0) is 13.1. The van der Waals surface area contributed by atoms with Gasteiger partial charge in [0.05, 0.1) is 22.4 Å². The summed E-state index contributed by atoms with van der Waals surface area (Å²) in [6.07, 6.45) is 2.45. The van der Waals surface area contributed by atoms with Gasteiger partial charge in [-0.05, 0) is 18.6 Å². The molecule has 2 heterocycles. The van der Waals surface area contributed by atoms with Gasteiger partial charge in [-0.2, -0.15) is 0 Å². The van der Waals surface area contributed by atoms with Gasteiger partial charge in [-0.25, -0.2) is 22.9 Å². The number of nitrogens with zero attached hydrogens (tertiary/aromatic N) is 2. The second kappa shape index (κ2) is 3.30.